The second-order valence-electron chi connectivity index (χ2n) is 6.40. The fourth-order valence-corrected chi connectivity index (χ4v) is 3.45. The zero-order valence-corrected chi connectivity index (χ0v) is 16.4. The fourth-order valence-electron chi connectivity index (χ4n) is 2.67. The third-order valence-corrected chi connectivity index (χ3v) is 5.20. The molecule has 0 unspecified atom stereocenters. The van der Waals surface area contributed by atoms with Crippen LogP contribution in [0.25, 0.3) is 5.69 Å². The van der Waals surface area contributed by atoms with Gasteiger partial charge in [-0.3, -0.25) is 9.36 Å². The fraction of sp³-hybridized carbons (Fsp3) is 0.286. The molecule has 140 valence electrons. The maximum absolute atomic E-state index is 12.1. The van der Waals surface area contributed by atoms with Gasteiger partial charge in [-0.1, -0.05) is 67.2 Å². The summed E-state index contributed by atoms with van der Waals surface area (Å²) in [4.78, 5) is 12.1. The molecule has 2 aromatic carbocycles. The lowest BCUT2D eigenvalue weighted by Crippen LogP contribution is -2.33. The summed E-state index contributed by atoms with van der Waals surface area (Å²) in [5, 5.41) is 12.5. The highest BCUT2D eigenvalue weighted by Crippen LogP contribution is 2.23. The zero-order chi connectivity index (χ0) is 19.1. The second kappa shape index (κ2) is 9.37. The predicted octanol–water partition coefficient (Wildman–Crippen LogP) is 3.86. The van der Waals surface area contributed by atoms with Crippen LogP contribution < -0.4 is 5.32 Å². The minimum Gasteiger partial charge on any atom is -0.353 e. The van der Waals surface area contributed by atoms with Gasteiger partial charge in [0.15, 0.2) is 5.16 Å². The topological polar surface area (TPSA) is 59.8 Å². The lowest BCUT2D eigenvalue weighted by atomic mass is 10.1. The highest BCUT2D eigenvalue weighted by Gasteiger charge is 2.16. The van der Waals surface area contributed by atoms with Gasteiger partial charge in [0.25, 0.3) is 0 Å². The summed E-state index contributed by atoms with van der Waals surface area (Å²) < 4.78 is 2.04. The molecule has 1 aromatic heterocycles. The monoisotopic (exact) mass is 380 g/mol. The Morgan fingerprint density at radius 3 is 2.41 bits per heavy atom. The molecule has 5 nitrogen and oxygen atoms in total. The zero-order valence-electron chi connectivity index (χ0n) is 15.6. The van der Waals surface area contributed by atoms with Gasteiger partial charge in [-0.25, -0.2) is 0 Å². The minimum atomic E-state index is 0.0153. The van der Waals surface area contributed by atoms with Gasteiger partial charge in [0, 0.05) is 18.2 Å². The van der Waals surface area contributed by atoms with Gasteiger partial charge in [-0.2, -0.15) is 0 Å². The number of carbonyl (C=O) groups is 1. The minimum absolute atomic E-state index is 0.0153. The van der Waals surface area contributed by atoms with Crippen LogP contribution >= 0.6 is 11.8 Å². The van der Waals surface area contributed by atoms with Crippen LogP contribution in [-0.2, 0) is 11.2 Å². The first kappa shape index (κ1) is 19.2. The van der Waals surface area contributed by atoms with Gasteiger partial charge in [0.2, 0.25) is 5.91 Å². The van der Waals surface area contributed by atoms with Crippen molar-refractivity contribution < 1.29 is 4.79 Å². The van der Waals surface area contributed by atoms with Gasteiger partial charge in [-0.15, -0.1) is 10.2 Å². The number of hydrogen-bond donors (Lipinski definition) is 1. The van der Waals surface area contributed by atoms with E-state index in [0.717, 1.165) is 23.1 Å². The van der Waals surface area contributed by atoms with Crippen LogP contribution in [0.2, 0.25) is 0 Å². The molecule has 1 N–H and O–H groups in total. The van der Waals surface area contributed by atoms with E-state index in [1.54, 1.807) is 0 Å². The molecule has 27 heavy (non-hydrogen) atoms. The van der Waals surface area contributed by atoms with Crippen LogP contribution in [0.3, 0.4) is 0 Å². The Kier molecular flexibility index (Phi) is 6.65. The summed E-state index contributed by atoms with van der Waals surface area (Å²) in [7, 11) is 0. The van der Waals surface area contributed by atoms with Crippen molar-refractivity contribution in [2.45, 2.75) is 37.9 Å². The van der Waals surface area contributed by atoms with E-state index in [1.165, 1.54) is 17.3 Å². The Balaban J connectivity index is 1.82. The maximum Gasteiger partial charge on any atom is 0.230 e. The lowest BCUT2D eigenvalue weighted by Gasteiger charge is -2.12. The molecular weight excluding hydrogens is 356 g/mol. The number of carbonyl (C=O) groups excluding carboxylic acids is 1. The maximum atomic E-state index is 12.1. The molecule has 0 aliphatic rings. The summed E-state index contributed by atoms with van der Waals surface area (Å²) in [5.41, 5.74) is 2.17. The molecule has 0 aliphatic heterocycles. The summed E-state index contributed by atoms with van der Waals surface area (Å²) >= 11 is 1.41. The van der Waals surface area contributed by atoms with Crippen LogP contribution in [0.15, 0.2) is 65.8 Å². The lowest BCUT2D eigenvalue weighted by molar-refractivity contribution is -0.119. The normalized spacial score (nSPS) is 11.9. The predicted molar refractivity (Wildman–Crippen MR) is 109 cm³/mol. The molecule has 0 fully saturated rings. The third-order valence-electron chi connectivity index (χ3n) is 4.27. The first-order chi connectivity index (χ1) is 13.2. The number of para-hydroxylation sites is 1. The van der Waals surface area contributed by atoms with Crippen molar-refractivity contribution in [2.24, 2.45) is 0 Å². The van der Waals surface area contributed by atoms with E-state index < -0.39 is 0 Å². The van der Waals surface area contributed by atoms with Crippen molar-refractivity contribution in [1.29, 1.82) is 0 Å². The van der Waals surface area contributed by atoms with Crippen LogP contribution in [-0.4, -0.2) is 32.5 Å². The Hall–Kier alpha value is -2.60. The van der Waals surface area contributed by atoms with Crippen molar-refractivity contribution in [3.63, 3.8) is 0 Å². The molecular formula is C21H24N4OS. The van der Waals surface area contributed by atoms with E-state index in [9.17, 15) is 4.79 Å². The number of hydrogen-bond acceptors (Lipinski definition) is 4. The Bertz CT molecular complexity index is 864. The van der Waals surface area contributed by atoms with Gasteiger partial charge in [0.05, 0.1) is 5.75 Å². The van der Waals surface area contributed by atoms with Crippen molar-refractivity contribution in [3.05, 3.63) is 72.1 Å². The van der Waals surface area contributed by atoms with E-state index in [-0.39, 0.29) is 11.9 Å². The largest absolute Gasteiger partial charge is 0.353 e. The summed E-state index contributed by atoms with van der Waals surface area (Å²) in [6, 6.07) is 20.4. The van der Waals surface area contributed by atoms with Crippen LogP contribution in [0.4, 0.5) is 0 Å². The van der Waals surface area contributed by atoms with Crippen molar-refractivity contribution in [1.82, 2.24) is 20.1 Å². The molecule has 6 heteroatoms. The molecule has 0 spiro atoms. The summed E-state index contributed by atoms with van der Waals surface area (Å²) in [5.74, 6) is 1.19. The first-order valence-corrected chi connectivity index (χ1v) is 10.1. The van der Waals surface area contributed by atoms with Crippen LogP contribution in [0.1, 0.15) is 31.7 Å². The Labute approximate surface area is 164 Å². The highest BCUT2D eigenvalue weighted by molar-refractivity contribution is 7.99. The van der Waals surface area contributed by atoms with E-state index in [4.69, 9.17) is 0 Å². The van der Waals surface area contributed by atoms with Gasteiger partial charge >= 0.3 is 0 Å². The SMILES string of the molecule is CC[C@H](C)NC(=O)CSc1nnc(Cc2ccccc2)n1-c1ccccc1. The van der Waals surface area contributed by atoms with Crippen molar-refractivity contribution >= 4 is 17.7 Å². The van der Waals surface area contributed by atoms with E-state index >= 15 is 0 Å². The molecule has 1 atom stereocenters. The third kappa shape index (κ3) is 5.20. The molecule has 3 rings (SSSR count). The van der Waals surface area contributed by atoms with E-state index in [1.807, 2.05) is 60.0 Å². The number of thioether (sulfide) groups is 1. The van der Waals surface area contributed by atoms with Crippen LogP contribution in [0, 0.1) is 0 Å². The second-order valence-corrected chi connectivity index (χ2v) is 7.34. The van der Waals surface area contributed by atoms with E-state index in [0.29, 0.717) is 12.2 Å². The molecule has 0 saturated heterocycles. The number of benzene rings is 2. The van der Waals surface area contributed by atoms with Gasteiger partial charge in [-0.05, 0) is 31.0 Å². The summed E-state index contributed by atoms with van der Waals surface area (Å²) in [6.07, 6.45) is 1.60. The highest BCUT2D eigenvalue weighted by atomic mass is 32.2. The van der Waals surface area contributed by atoms with Gasteiger partial charge in [0.1, 0.15) is 5.82 Å². The Morgan fingerprint density at radius 2 is 1.74 bits per heavy atom. The molecule has 3 aromatic rings. The van der Waals surface area contributed by atoms with E-state index in [2.05, 4.69) is 34.6 Å². The average molecular weight is 381 g/mol. The van der Waals surface area contributed by atoms with Crippen molar-refractivity contribution in [2.75, 3.05) is 5.75 Å². The smallest absolute Gasteiger partial charge is 0.230 e. The molecule has 0 radical (unpaired) electrons. The number of amides is 1. The molecule has 0 aliphatic carbocycles. The Morgan fingerprint density at radius 1 is 1.07 bits per heavy atom. The van der Waals surface area contributed by atoms with Crippen LogP contribution in [0.5, 0.6) is 0 Å². The molecule has 1 heterocycles. The molecule has 0 saturated carbocycles. The van der Waals surface area contributed by atoms with Crippen molar-refractivity contribution in [3.8, 4) is 5.69 Å². The number of nitrogens with zero attached hydrogens (tertiary/aromatic N) is 3. The summed E-state index contributed by atoms with van der Waals surface area (Å²) in [6.45, 7) is 4.06. The first-order valence-electron chi connectivity index (χ1n) is 9.13. The molecule has 1 amide bonds. The van der Waals surface area contributed by atoms with Gasteiger partial charge < -0.3 is 5.32 Å². The standard InChI is InChI=1S/C21H24N4OS/c1-3-16(2)22-20(26)15-27-21-24-23-19(14-17-10-6-4-7-11-17)25(21)18-12-8-5-9-13-18/h4-13,16H,3,14-15H2,1-2H3,(H,22,26)/t16-/m0/s1. The average Bonchev–Trinajstić information content (AvgIpc) is 3.10. The number of aromatic nitrogens is 3. The molecule has 0 bridgehead atoms. The number of rotatable bonds is 8. The number of nitrogens with one attached hydrogen (secondary N) is 1. The quantitative estimate of drug-likeness (QED) is 0.603.